The van der Waals surface area contributed by atoms with E-state index in [0.717, 1.165) is 16.8 Å². The number of rotatable bonds is 5. The summed E-state index contributed by atoms with van der Waals surface area (Å²) < 4.78 is 3.50. The maximum Gasteiger partial charge on any atom is 0.315 e. The highest BCUT2D eigenvalue weighted by Gasteiger charge is 2.11. The third kappa shape index (κ3) is 3.62. The number of benzene rings is 1. The van der Waals surface area contributed by atoms with Gasteiger partial charge < -0.3 is 10.6 Å². The van der Waals surface area contributed by atoms with E-state index in [2.05, 4.69) is 20.8 Å². The first-order valence-corrected chi connectivity index (χ1v) is 7.74. The molecule has 2 amide bonds. The van der Waals surface area contributed by atoms with Crippen LogP contribution in [0.3, 0.4) is 0 Å². The van der Waals surface area contributed by atoms with Crippen LogP contribution >= 0.6 is 0 Å². The Morgan fingerprint density at radius 1 is 1.25 bits per heavy atom. The number of aromatic nitrogens is 4. The normalized spacial score (nSPS) is 11.9. The van der Waals surface area contributed by atoms with Crippen molar-refractivity contribution in [2.24, 2.45) is 7.05 Å². The maximum absolute atomic E-state index is 12.1. The molecule has 3 aromatic rings. The van der Waals surface area contributed by atoms with Crippen molar-refractivity contribution >= 4 is 6.03 Å². The fourth-order valence-corrected chi connectivity index (χ4v) is 2.47. The van der Waals surface area contributed by atoms with Crippen LogP contribution in [0.1, 0.15) is 24.1 Å². The summed E-state index contributed by atoms with van der Waals surface area (Å²) in [6, 6.07) is 9.38. The molecule has 24 heavy (non-hydrogen) atoms. The molecule has 3 rings (SSSR count). The Morgan fingerprint density at radius 3 is 2.79 bits per heavy atom. The van der Waals surface area contributed by atoms with E-state index in [-0.39, 0.29) is 12.1 Å². The third-order valence-electron chi connectivity index (χ3n) is 3.75. The number of para-hydroxylation sites is 1. The molecule has 0 fully saturated rings. The molecule has 0 spiro atoms. The summed E-state index contributed by atoms with van der Waals surface area (Å²) in [5.41, 5.74) is 2.90. The van der Waals surface area contributed by atoms with Crippen LogP contribution in [-0.2, 0) is 13.6 Å². The third-order valence-corrected chi connectivity index (χ3v) is 3.75. The van der Waals surface area contributed by atoms with Gasteiger partial charge in [0, 0.05) is 37.7 Å². The topological polar surface area (TPSA) is 76.8 Å². The molecule has 2 N–H and O–H groups in total. The first kappa shape index (κ1) is 15.8. The minimum Gasteiger partial charge on any atom is -0.334 e. The van der Waals surface area contributed by atoms with Gasteiger partial charge in [0.1, 0.15) is 0 Å². The minimum absolute atomic E-state index is 0.111. The quantitative estimate of drug-likeness (QED) is 0.755. The molecule has 2 heterocycles. The second-order valence-corrected chi connectivity index (χ2v) is 5.58. The Bertz CT molecular complexity index is 808. The Morgan fingerprint density at radius 2 is 2.08 bits per heavy atom. The van der Waals surface area contributed by atoms with Gasteiger partial charge in [-0.3, -0.25) is 4.68 Å². The minimum atomic E-state index is -0.221. The summed E-state index contributed by atoms with van der Waals surface area (Å²) in [6.45, 7) is 2.34. The largest absolute Gasteiger partial charge is 0.334 e. The van der Waals surface area contributed by atoms with E-state index in [0.29, 0.717) is 6.54 Å². The van der Waals surface area contributed by atoms with Crippen LogP contribution in [0.2, 0.25) is 0 Å². The fraction of sp³-hybridized carbons (Fsp3) is 0.235. The lowest BCUT2D eigenvalue weighted by Gasteiger charge is -2.14. The molecule has 1 aromatic carbocycles. The molecule has 7 heteroatoms. The molecular weight excluding hydrogens is 304 g/mol. The molecule has 0 bridgehead atoms. The van der Waals surface area contributed by atoms with Crippen LogP contribution in [-0.4, -0.2) is 25.6 Å². The summed E-state index contributed by atoms with van der Waals surface area (Å²) in [5.74, 6) is 0. The van der Waals surface area contributed by atoms with Gasteiger partial charge in [-0.05, 0) is 24.6 Å². The SMILES string of the molecule is C[C@@H](NC(=O)NCc1ccccc1-n1cccn1)c1cnn(C)c1. The molecule has 0 radical (unpaired) electrons. The zero-order valence-electron chi connectivity index (χ0n) is 13.7. The molecule has 0 saturated carbocycles. The van der Waals surface area contributed by atoms with Gasteiger partial charge >= 0.3 is 6.03 Å². The van der Waals surface area contributed by atoms with Crippen LogP contribution in [0.15, 0.2) is 55.1 Å². The van der Waals surface area contributed by atoms with Crippen LogP contribution in [0.5, 0.6) is 0 Å². The van der Waals surface area contributed by atoms with Gasteiger partial charge in [-0.15, -0.1) is 0 Å². The zero-order chi connectivity index (χ0) is 16.9. The summed E-state index contributed by atoms with van der Waals surface area (Å²) in [4.78, 5) is 12.1. The van der Waals surface area contributed by atoms with Crippen molar-refractivity contribution in [2.75, 3.05) is 0 Å². The van der Waals surface area contributed by atoms with E-state index in [1.54, 1.807) is 21.8 Å². The maximum atomic E-state index is 12.1. The van der Waals surface area contributed by atoms with E-state index < -0.39 is 0 Å². The van der Waals surface area contributed by atoms with E-state index in [1.165, 1.54) is 0 Å². The van der Waals surface area contributed by atoms with Gasteiger partial charge in [0.15, 0.2) is 0 Å². The smallest absolute Gasteiger partial charge is 0.315 e. The van der Waals surface area contributed by atoms with Gasteiger partial charge in [-0.25, -0.2) is 9.48 Å². The number of aryl methyl sites for hydroxylation is 1. The number of amides is 2. The highest BCUT2D eigenvalue weighted by molar-refractivity contribution is 5.74. The Balaban J connectivity index is 1.61. The van der Waals surface area contributed by atoms with Crippen molar-refractivity contribution in [3.8, 4) is 5.69 Å². The van der Waals surface area contributed by atoms with Gasteiger partial charge in [-0.1, -0.05) is 18.2 Å². The van der Waals surface area contributed by atoms with Crippen LogP contribution in [0, 0.1) is 0 Å². The van der Waals surface area contributed by atoms with Crippen molar-refractivity contribution in [2.45, 2.75) is 19.5 Å². The molecule has 2 aromatic heterocycles. The molecule has 0 aliphatic carbocycles. The predicted octanol–water partition coefficient (Wildman–Crippen LogP) is 2.17. The fourth-order valence-electron chi connectivity index (χ4n) is 2.47. The van der Waals surface area contributed by atoms with Gasteiger partial charge in [-0.2, -0.15) is 10.2 Å². The van der Waals surface area contributed by atoms with Gasteiger partial charge in [0.25, 0.3) is 0 Å². The van der Waals surface area contributed by atoms with E-state index in [4.69, 9.17) is 0 Å². The number of hydrogen-bond acceptors (Lipinski definition) is 3. The lowest BCUT2D eigenvalue weighted by atomic mass is 10.2. The highest BCUT2D eigenvalue weighted by Crippen LogP contribution is 2.13. The first-order valence-electron chi connectivity index (χ1n) is 7.74. The summed E-state index contributed by atoms with van der Waals surface area (Å²) in [7, 11) is 1.85. The van der Waals surface area contributed by atoms with Crippen molar-refractivity contribution in [1.29, 1.82) is 0 Å². The van der Waals surface area contributed by atoms with Gasteiger partial charge in [0.2, 0.25) is 0 Å². The molecule has 1 atom stereocenters. The van der Waals surface area contributed by atoms with E-state index >= 15 is 0 Å². The number of nitrogens with one attached hydrogen (secondary N) is 2. The predicted molar refractivity (Wildman–Crippen MR) is 90.6 cm³/mol. The van der Waals surface area contributed by atoms with Crippen LogP contribution in [0.4, 0.5) is 4.79 Å². The Hall–Kier alpha value is -3.09. The van der Waals surface area contributed by atoms with Crippen LogP contribution < -0.4 is 10.6 Å². The zero-order valence-corrected chi connectivity index (χ0v) is 13.7. The number of carbonyl (C=O) groups excluding carboxylic acids is 1. The monoisotopic (exact) mass is 324 g/mol. The Labute approximate surface area is 140 Å². The van der Waals surface area contributed by atoms with Gasteiger partial charge in [0.05, 0.1) is 17.9 Å². The van der Waals surface area contributed by atoms with Crippen molar-refractivity contribution in [3.05, 3.63) is 66.2 Å². The number of hydrogen-bond donors (Lipinski definition) is 2. The molecule has 0 unspecified atom stereocenters. The van der Waals surface area contributed by atoms with E-state index in [9.17, 15) is 4.79 Å². The van der Waals surface area contributed by atoms with Crippen LogP contribution in [0.25, 0.3) is 5.69 Å². The molecule has 0 aliphatic rings. The molecule has 0 saturated heterocycles. The number of urea groups is 1. The summed E-state index contributed by atoms with van der Waals surface area (Å²) in [6.07, 6.45) is 7.24. The summed E-state index contributed by atoms with van der Waals surface area (Å²) in [5, 5.41) is 14.2. The number of nitrogens with zero attached hydrogens (tertiary/aromatic N) is 4. The highest BCUT2D eigenvalue weighted by atomic mass is 16.2. The van der Waals surface area contributed by atoms with Crippen molar-refractivity contribution in [3.63, 3.8) is 0 Å². The second-order valence-electron chi connectivity index (χ2n) is 5.58. The average Bonchev–Trinajstić information content (AvgIpc) is 3.24. The Kier molecular flexibility index (Phi) is 4.60. The van der Waals surface area contributed by atoms with Crippen molar-refractivity contribution < 1.29 is 4.79 Å². The van der Waals surface area contributed by atoms with E-state index in [1.807, 2.05) is 56.7 Å². The standard InChI is InChI=1S/C17H20N6O/c1-13(15-11-20-22(2)12-15)21-17(24)18-10-14-6-3-4-7-16(14)23-9-5-8-19-23/h3-9,11-13H,10H2,1-2H3,(H2,18,21,24)/t13-/m1/s1. The second kappa shape index (κ2) is 6.99. The molecule has 0 aliphatic heterocycles. The molecular formula is C17H20N6O. The summed E-state index contributed by atoms with van der Waals surface area (Å²) >= 11 is 0. The molecule has 7 nitrogen and oxygen atoms in total. The molecule has 124 valence electrons. The lowest BCUT2D eigenvalue weighted by molar-refractivity contribution is 0.237. The number of carbonyl (C=O) groups is 1. The lowest BCUT2D eigenvalue weighted by Crippen LogP contribution is -2.36. The van der Waals surface area contributed by atoms with Crippen molar-refractivity contribution in [1.82, 2.24) is 30.2 Å². The average molecular weight is 324 g/mol. The first-order chi connectivity index (χ1) is 11.6.